The van der Waals surface area contributed by atoms with Crippen LogP contribution in [-0.2, 0) is 28.9 Å². The molecule has 0 spiro atoms. The van der Waals surface area contributed by atoms with Gasteiger partial charge in [-0.15, -0.1) is 0 Å². The first-order chi connectivity index (χ1) is 12.5. The lowest BCUT2D eigenvalue weighted by molar-refractivity contribution is -0.324. The van der Waals surface area contributed by atoms with Crippen molar-refractivity contribution < 1.29 is 67.2 Å². The molecule has 0 aromatic rings. The van der Waals surface area contributed by atoms with Gasteiger partial charge in [-0.1, -0.05) is 0 Å². The van der Waals surface area contributed by atoms with E-state index < -0.39 is 78.7 Å². The fraction of sp³-hybridized carbons (Fsp3) is 0.917. The van der Waals surface area contributed by atoms with Gasteiger partial charge in [-0.3, -0.25) is 4.18 Å². The minimum absolute atomic E-state index is 0.266. The smallest absolute Gasteiger partial charge is 0.218 e. The molecular formula is C12H21O14S-. The average Bonchev–Trinajstić information content (AvgIpc) is 2.62. The zero-order chi connectivity index (χ0) is 20.9. The summed E-state index contributed by atoms with van der Waals surface area (Å²) in [5.41, 5.74) is 0. The second kappa shape index (κ2) is 10.1. The zero-order valence-electron chi connectivity index (χ0n) is 13.6. The van der Waals surface area contributed by atoms with Gasteiger partial charge in [0.1, 0.15) is 42.7 Å². The Morgan fingerprint density at radius 1 is 1.11 bits per heavy atom. The van der Waals surface area contributed by atoms with Crippen molar-refractivity contribution >= 4 is 16.7 Å². The second-order valence-corrected chi connectivity index (χ2v) is 6.65. The second-order valence-electron chi connectivity index (χ2n) is 5.64. The van der Waals surface area contributed by atoms with Crippen molar-refractivity contribution in [3.63, 3.8) is 0 Å². The fourth-order valence-electron chi connectivity index (χ4n) is 2.30. The summed E-state index contributed by atoms with van der Waals surface area (Å²) in [6, 6.07) is 0. The molecule has 0 bridgehead atoms. The van der Waals surface area contributed by atoms with Crippen LogP contribution in [0.2, 0.25) is 0 Å². The predicted octanol–water partition coefficient (Wildman–Crippen LogP) is -6.07. The summed E-state index contributed by atoms with van der Waals surface area (Å²) in [5.74, 6) is 0. The Bertz CT molecular complexity index is 566. The molecule has 0 saturated carbocycles. The van der Waals surface area contributed by atoms with Crippen LogP contribution in [0.4, 0.5) is 0 Å². The molecule has 1 rings (SSSR count). The SMILES string of the molecule is O=C[C@H](OS(=O)(=O)[O-])[C@@H](O[C@@H]1O[C@H](CO)[C@@H](O)[C@H](O)[C@H]1O)[C@H](O)[C@H](O)CO. The lowest BCUT2D eigenvalue weighted by atomic mass is 9.98. The van der Waals surface area contributed by atoms with Gasteiger partial charge in [-0.25, -0.2) is 8.42 Å². The molecule has 14 nitrogen and oxygen atoms in total. The van der Waals surface area contributed by atoms with Crippen LogP contribution in [0.25, 0.3) is 0 Å². The molecule has 9 atom stereocenters. The Hall–Kier alpha value is -0.820. The molecule has 1 aliphatic heterocycles. The Morgan fingerprint density at radius 3 is 2.15 bits per heavy atom. The van der Waals surface area contributed by atoms with E-state index in [1.54, 1.807) is 0 Å². The normalized spacial score (nSPS) is 33.9. The van der Waals surface area contributed by atoms with Crippen LogP contribution in [-0.4, -0.2) is 123 Å². The first-order valence-electron chi connectivity index (χ1n) is 7.49. The predicted molar refractivity (Wildman–Crippen MR) is 78.4 cm³/mol. The third-order valence-corrected chi connectivity index (χ3v) is 4.20. The highest BCUT2D eigenvalue weighted by Crippen LogP contribution is 2.25. The Morgan fingerprint density at radius 2 is 1.70 bits per heavy atom. The number of carbonyl (C=O) groups excluding carboxylic acids is 1. The number of aliphatic hydroxyl groups excluding tert-OH is 7. The minimum Gasteiger partial charge on any atom is -0.726 e. The Kier molecular flexibility index (Phi) is 9.06. The van der Waals surface area contributed by atoms with E-state index in [9.17, 15) is 43.3 Å². The standard InChI is InChI=1S/C12H22O14S/c13-1-4(16)7(17)11(6(3-15)26-27(21,22)23)25-12-10(20)9(19)8(18)5(2-14)24-12/h3-14,16-20H,1-2H2,(H,21,22,23)/p-1/t4-,5-,6+,7-,8-,9+,10-,11-,12+/m1/s1. The van der Waals surface area contributed by atoms with Crippen molar-refractivity contribution in [3.8, 4) is 0 Å². The summed E-state index contributed by atoms with van der Waals surface area (Å²) in [5, 5.41) is 66.7. The highest BCUT2D eigenvalue weighted by Gasteiger charge is 2.47. The highest BCUT2D eigenvalue weighted by atomic mass is 32.3. The summed E-state index contributed by atoms with van der Waals surface area (Å²) in [4.78, 5) is 11.1. The molecule has 1 aliphatic rings. The molecule has 0 aromatic heterocycles. The molecule has 1 heterocycles. The van der Waals surface area contributed by atoms with E-state index in [0.29, 0.717) is 0 Å². The maximum absolute atomic E-state index is 11.1. The number of rotatable bonds is 10. The number of carbonyl (C=O) groups is 1. The Balaban J connectivity index is 3.13. The quantitative estimate of drug-likeness (QED) is 0.0986. The third kappa shape index (κ3) is 6.34. The largest absolute Gasteiger partial charge is 0.726 e. The molecule has 0 aliphatic carbocycles. The van der Waals surface area contributed by atoms with Gasteiger partial charge in [0.2, 0.25) is 10.4 Å². The number of hydrogen-bond acceptors (Lipinski definition) is 14. The molecule has 0 amide bonds. The van der Waals surface area contributed by atoms with E-state index in [-0.39, 0.29) is 6.29 Å². The van der Waals surface area contributed by atoms with E-state index in [1.807, 2.05) is 0 Å². The van der Waals surface area contributed by atoms with Crippen molar-refractivity contribution in [2.45, 2.75) is 55.1 Å². The van der Waals surface area contributed by atoms with E-state index in [0.717, 1.165) is 0 Å². The van der Waals surface area contributed by atoms with Gasteiger partial charge in [0.25, 0.3) is 0 Å². The van der Waals surface area contributed by atoms with E-state index in [4.69, 9.17) is 19.7 Å². The van der Waals surface area contributed by atoms with Crippen LogP contribution in [0.15, 0.2) is 0 Å². The Labute approximate surface area is 153 Å². The summed E-state index contributed by atoms with van der Waals surface area (Å²) < 4.78 is 46.1. The molecule has 15 heteroatoms. The van der Waals surface area contributed by atoms with Gasteiger partial charge >= 0.3 is 0 Å². The summed E-state index contributed by atoms with van der Waals surface area (Å²) >= 11 is 0. The van der Waals surface area contributed by atoms with Crippen molar-refractivity contribution in [3.05, 3.63) is 0 Å². The molecule has 160 valence electrons. The number of ether oxygens (including phenoxy) is 2. The average molecular weight is 421 g/mol. The van der Waals surface area contributed by atoms with Gasteiger partial charge in [0.15, 0.2) is 18.7 Å². The maximum atomic E-state index is 11.1. The minimum atomic E-state index is -5.48. The van der Waals surface area contributed by atoms with Crippen LogP contribution in [0.1, 0.15) is 0 Å². The molecule has 0 radical (unpaired) electrons. The van der Waals surface area contributed by atoms with Crippen molar-refractivity contribution in [2.75, 3.05) is 13.2 Å². The van der Waals surface area contributed by atoms with Gasteiger partial charge < -0.3 is 54.6 Å². The van der Waals surface area contributed by atoms with Crippen LogP contribution in [0.5, 0.6) is 0 Å². The highest BCUT2D eigenvalue weighted by molar-refractivity contribution is 7.80. The van der Waals surface area contributed by atoms with Crippen LogP contribution in [0.3, 0.4) is 0 Å². The molecule has 0 aromatic carbocycles. The fourth-order valence-corrected chi connectivity index (χ4v) is 2.73. The molecule has 1 fully saturated rings. The number of hydrogen-bond donors (Lipinski definition) is 7. The van der Waals surface area contributed by atoms with E-state index in [1.165, 1.54) is 0 Å². The lowest BCUT2D eigenvalue weighted by Crippen LogP contribution is -2.61. The lowest BCUT2D eigenvalue weighted by Gasteiger charge is -2.42. The zero-order valence-corrected chi connectivity index (χ0v) is 14.4. The van der Waals surface area contributed by atoms with Crippen LogP contribution in [0, 0.1) is 0 Å². The van der Waals surface area contributed by atoms with Crippen molar-refractivity contribution in [1.82, 2.24) is 0 Å². The summed E-state index contributed by atoms with van der Waals surface area (Å²) in [6.07, 6.45) is -18.1. The third-order valence-electron chi connectivity index (χ3n) is 3.74. The summed E-state index contributed by atoms with van der Waals surface area (Å²) in [6.45, 7) is -1.93. The van der Waals surface area contributed by atoms with Gasteiger partial charge in [-0.05, 0) is 0 Å². The van der Waals surface area contributed by atoms with Crippen LogP contribution >= 0.6 is 0 Å². The topological polar surface area (TPSA) is 244 Å². The van der Waals surface area contributed by atoms with Gasteiger partial charge in [0.05, 0.1) is 13.2 Å². The molecule has 7 N–H and O–H groups in total. The number of aliphatic hydroxyl groups is 7. The summed E-state index contributed by atoms with van der Waals surface area (Å²) in [7, 11) is -5.48. The van der Waals surface area contributed by atoms with Crippen molar-refractivity contribution in [2.24, 2.45) is 0 Å². The maximum Gasteiger partial charge on any atom is 0.218 e. The van der Waals surface area contributed by atoms with Gasteiger partial charge in [-0.2, -0.15) is 0 Å². The first kappa shape index (κ1) is 24.2. The first-order valence-corrected chi connectivity index (χ1v) is 8.82. The van der Waals surface area contributed by atoms with Gasteiger partial charge in [0, 0.05) is 0 Å². The monoisotopic (exact) mass is 421 g/mol. The molecule has 27 heavy (non-hydrogen) atoms. The molecule has 1 saturated heterocycles. The number of aldehydes is 1. The molecule has 0 unspecified atom stereocenters. The molecular weight excluding hydrogens is 400 g/mol. The van der Waals surface area contributed by atoms with Crippen LogP contribution < -0.4 is 0 Å². The van der Waals surface area contributed by atoms with E-state index >= 15 is 0 Å². The van der Waals surface area contributed by atoms with E-state index in [2.05, 4.69) is 4.18 Å². The van der Waals surface area contributed by atoms with Crippen molar-refractivity contribution in [1.29, 1.82) is 0 Å².